The Labute approximate surface area is 180 Å². The SMILES string of the molecule is COCCOC(=O)C1=C(C)NC2=C(C(=O)CC(c3ccco3)C2)C1c1cccc(O)c1. The smallest absolute Gasteiger partial charge is 0.336 e. The number of Topliss-reactive ketones (excluding diaryl/α,β-unsaturated/α-hetero) is 1. The molecule has 0 radical (unpaired) electrons. The van der Waals surface area contributed by atoms with E-state index in [0.717, 1.165) is 11.5 Å². The summed E-state index contributed by atoms with van der Waals surface area (Å²) in [5.74, 6) is -0.423. The number of nitrogens with one attached hydrogen (secondary N) is 1. The molecule has 0 bridgehead atoms. The van der Waals surface area contributed by atoms with Gasteiger partial charge in [-0.25, -0.2) is 4.79 Å². The van der Waals surface area contributed by atoms with E-state index in [1.54, 1.807) is 31.4 Å². The van der Waals surface area contributed by atoms with E-state index < -0.39 is 11.9 Å². The molecule has 1 aromatic heterocycles. The molecule has 2 atom stereocenters. The number of hydrogen-bond acceptors (Lipinski definition) is 7. The monoisotopic (exact) mass is 423 g/mol. The zero-order chi connectivity index (χ0) is 22.0. The van der Waals surface area contributed by atoms with Crippen molar-refractivity contribution in [2.75, 3.05) is 20.3 Å². The standard InChI is InChI=1S/C24H25NO6/c1-14-21(24(28)31-10-9-29-2)22(15-5-3-6-17(26)11-15)23-18(25-14)12-16(13-19(23)27)20-7-4-8-30-20/h3-8,11,16,22,25-26H,9-10,12-13H2,1-2H3. The molecular weight excluding hydrogens is 398 g/mol. The van der Waals surface area contributed by atoms with E-state index in [1.807, 2.05) is 18.2 Å². The summed E-state index contributed by atoms with van der Waals surface area (Å²) in [5.41, 5.74) is 2.97. The van der Waals surface area contributed by atoms with Crippen LogP contribution in [0.15, 0.2) is 69.6 Å². The molecule has 0 saturated carbocycles. The summed E-state index contributed by atoms with van der Waals surface area (Å²) in [4.78, 5) is 26.3. The molecule has 4 rings (SSSR count). The molecule has 2 heterocycles. The van der Waals surface area contributed by atoms with E-state index in [1.165, 1.54) is 7.11 Å². The van der Waals surface area contributed by atoms with E-state index in [2.05, 4.69) is 5.32 Å². The fraction of sp³-hybridized carbons (Fsp3) is 0.333. The second-order valence-electron chi connectivity index (χ2n) is 7.76. The lowest BCUT2D eigenvalue weighted by atomic mass is 9.72. The summed E-state index contributed by atoms with van der Waals surface area (Å²) in [5, 5.41) is 13.3. The first-order chi connectivity index (χ1) is 15.0. The highest BCUT2D eigenvalue weighted by Crippen LogP contribution is 2.46. The van der Waals surface area contributed by atoms with Crippen LogP contribution >= 0.6 is 0 Å². The van der Waals surface area contributed by atoms with E-state index >= 15 is 0 Å². The minimum absolute atomic E-state index is 0.0572. The topological polar surface area (TPSA) is 98.0 Å². The summed E-state index contributed by atoms with van der Waals surface area (Å²) < 4.78 is 15.9. The molecule has 2 unspecified atom stereocenters. The molecule has 2 N–H and O–H groups in total. The molecule has 2 aliphatic rings. The van der Waals surface area contributed by atoms with Crippen molar-refractivity contribution in [3.8, 4) is 5.75 Å². The van der Waals surface area contributed by atoms with Crippen LogP contribution in [0.2, 0.25) is 0 Å². The number of esters is 1. The summed E-state index contributed by atoms with van der Waals surface area (Å²) in [6.45, 7) is 2.19. The number of ketones is 1. The van der Waals surface area contributed by atoms with Crippen LogP contribution in [0.25, 0.3) is 0 Å². The number of ether oxygens (including phenoxy) is 2. The van der Waals surface area contributed by atoms with Gasteiger partial charge in [0.2, 0.25) is 0 Å². The first-order valence-electron chi connectivity index (χ1n) is 10.2. The fourth-order valence-corrected chi connectivity index (χ4v) is 4.37. The zero-order valence-electron chi connectivity index (χ0n) is 17.5. The quantitative estimate of drug-likeness (QED) is 0.542. The van der Waals surface area contributed by atoms with Gasteiger partial charge < -0.3 is 24.3 Å². The van der Waals surface area contributed by atoms with Gasteiger partial charge in [0.25, 0.3) is 0 Å². The lowest BCUT2D eigenvalue weighted by Gasteiger charge is -2.36. The van der Waals surface area contributed by atoms with Crippen LogP contribution in [-0.2, 0) is 19.1 Å². The van der Waals surface area contributed by atoms with Crippen LogP contribution in [0.3, 0.4) is 0 Å². The molecule has 0 fully saturated rings. The average molecular weight is 423 g/mol. The third-order valence-corrected chi connectivity index (χ3v) is 5.72. The Bertz CT molecular complexity index is 1050. The first-order valence-corrected chi connectivity index (χ1v) is 10.2. The molecule has 1 aliphatic heterocycles. The minimum Gasteiger partial charge on any atom is -0.508 e. The highest BCUT2D eigenvalue weighted by molar-refractivity contribution is 6.04. The molecule has 0 spiro atoms. The van der Waals surface area contributed by atoms with Crippen molar-refractivity contribution in [3.05, 3.63) is 76.5 Å². The second kappa shape index (κ2) is 8.81. The fourth-order valence-electron chi connectivity index (χ4n) is 4.37. The van der Waals surface area contributed by atoms with Crippen LogP contribution in [-0.4, -0.2) is 37.2 Å². The Kier molecular flexibility index (Phi) is 5.95. The third kappa shape index (κ3) is 4.14. The summed E-state index contributed by atoms with van der Waals surface area (Å²) in [6.07, 6.45) is 2.48. The number of dihydropyridines is 1. The van der Waals surface area contributed by atoms with Crippen LogP contribution in [0.5, 0.6) is 5.75 Å². The van der Waals surface area contributed by atoms with Crippen molar-refractivity contribution >= 4 is 11.8 Å². The van der Waals surface area contributed by atoms with Gasteiger partial charge in [0.05, 0.1) is 18.4 Å². The highest BCUT2D eigenvalue weighted by Gasteiger charge is 2.42. The van der Waals surface area contributed by atoms with Crippen molar-refractivity contribution in [1.82, 2.24) is 5.32 Å². The van der Waals surface area contributed by atoms with Crippen molar-refractivity contribution < 1.29 is 28.6 Å². The van der Waals surface area contributed by atoms with E-state index in [9.17, 15) is 14.7 Å². The van der Waals surface area contributed by atoms with Crippen molar-refractivity contribution in [1.29, 1.82) is 0 Å². The van der Waals surface area contributed by atoms with Gasteiger partial charge in [-0.05, 0) is 43.2 Å². The Balaban J connectivity index is 1.76. The van der Waals surface area contributed by atoms with Crippen LogP contribution in [0.1, 0.15) is 42.9 Å². The van der Waals surface area contributed by atoms with Gasteiger partial charge in [-0.2, -0.15) is 0 Å². The number of allylic oxidation sites excluding steroid dienone is 3. The van der Waals surface area contributed by atoms with Gasteiger partial charge in [0, 0.05) is 42.3 Å². The number of carbonyl (C=O) groups is 2. The molecule has 1 aliphatic carbocycles. The number of phenols is 1. The van der Waals surface area contributed by atoms with Crippen molar-refractivity contribution in [2.24, 2.45) is 0 Å². The largest absolute Gasteiger partial charge is 0.508 e. The van der Waals surface area contributed by atoms with Gasteiger partial charge in [-0.3, -0.25) is 4.79 Å². The lowest BCUT2D eigenvalue weighted by molar-refractivity contribution is -0.140. The molecule has 0 amide bonds. The van der Waals surface area contributed by atoms with Crippen LogP contribution in [0, 0.1) is 0 Å². The Morgan fingerprint density at radius 2 is 2.06 bits per heavy atom. The van der Waals surface area contributed by atoms with Crippen molar-refractivity contribution in [2.45, 2.75) is 31.6 Å². The number of hydrogen-bond donors (Lipinski definition) is 2. The molecule has 7 nitrogen and oxygen atoms in total. The molecule has 162 valence electrons. The van der Waals surface area contributed by atoms with Gasteiger partial charge in [0.1, 0.15) is 18.1 Å². The minimum atomic E-state index is -0.622. The Hall–Kier alpha value is -3.32. The highest BCUT2D eigenvalue weighted by atomic mass is 16.6. The van der Waals surface area contributed by atoms with Crippen LogP contribution in [0.4, 0.5) is 0 Å². The van der Waals surface area contributed by atoms with E-state index in [0.29, 0.717) is 28.8 Å². The van der Waals surface area contributed by atoms with E-state index in [-0.39, 0.29) is 37.1 Å². The number of methoxy groups -OCH3 is 1. The van der Waals surface area contributed by atoms with E-state index in [4.69, 9.17) is 13.9 Å². The number of furan rings is 1. The molecule has 7 heteroatoms. The predicted octanol–water partition coefficient (Wildman–Crippen LogP) is 3.54. The first kappa shape index (κ1) is 20.9. The van der Waals surface area contributed by atoms with Crippen molar-refractivity contribution in [3.63, 3.8) is 0 Å². The number of phenolic OH excluding ortho intramolecular Hbond substituents is 1. The number of rotatable bonds is 6. The third-order valence-electron chi connectivity index (χ3n) is 5.72. The molecule has 1 aromatic carbocycles. The van der Waals surface area contributed by atoms with Crippen LogP contribution < -0.4 is 5.32 Å². The summed E-state index contributed by atoms with van der Waals surface area (Å²) in [7, 11) is 1.53. The second-order valence-corrected chi connectivity index (χ2v) is 7.76. The maximum atomic E-state index is 13.3. The van der Waals surface area contributed by atoms with Gasteiger partial charge in [-0.1, -0.05) is 12.1 Å². The normalized spacial score (nSPS) is 21.0. The molecular formula is C24H25NO6. The Morgan fingerprint density at radius 1 is 1.23 bits per heavy atom. The summed E-state index contributed by atoms with van der Waals surface area (Å²) >= 11 is 0. The molecule has 0 saturated heterocycles. The molecule has 2 aromatic rings. The number of aromatic hydroxyl groups is 1. The van der Waals surface area contributed by atoms with Gasteiger partial charge in [-0.15, -0.1) is 0 Å². The Morgan fingerprint density at radius 3 is 2.77 bits per heavy atom. The average Bonchev–Trinajstić information content (AvgIpc) is 3.27. The van der Waals surface area contributed by atoms with Gasteiger partial charge >= 0.3 is 5.97 Å². The van der Waals surface area contributed by atoms with Gasteiger partial charge in [0.15, 0.2) is 5.78 Å². The number of carbonyl (C=O) groups excluding carboxylic acids is 2. The summed E-state index contributed by atoms with van der Waals surface area (Å²) in [6, 6.07) is 10.3. The molecule has 31 heavy (non-hydrogen) atoms. The maximum Gasteiger partial charge on any atom is 0.336 e. The zero-order valence-corrected chi connectivity index (χ0v) is 17.5. The number of benzene rings is 1. The maximum absolute atomic E-state index is 13.3. The predicted molar refractivity (Wildman–Crippen MR) is 112 cm³/mol. The lowest BCUT2D eigenvalue weighted by Crippen LogP contribution is -2.36.